The minimum absolute atomic E-state index is 0. The number of allylic oxidation sites excluding steroid dienone is 2. The number of likely N-dealkylation sites (tertiary alicyclic amines) is 5. The average molecular weight is 1150 g/mol. The topological polar surface area (TPSA) is 136 Å². The highest BCUT2D eigenvalue weighted by molar-refractivity contribution is 5.74. The Bertz CT molecular complexity index is 2760. The lowest BCUT2D eigenvalue weighted by molar-refractivity contribution is -0.120. The Hall–Kier alpha value is -5.28. The fourth-order valence-corrected chi connectivity index (χ4v) is 17.5. The third kappa shape index (κ3) is 13.8. The summed E-state index contributed by atoms with van der Waals surface area (Å²) in [6, 6.07) is 27.0. The second-order valence-corrected chi connectivity index (χ2v) is 27.2. The molecular formula is C70H103N7O7. The van der Waals surface area contributed by atoms with Gasteiger partial charge in [0.05, 0.1) is 25.3 Å². The lowest BCUT2D eigenvalue weighted by atomic mass is 9.73. The maximum Gasteiger partial charge on any atom is 0.409 e. The van der Waals surface area contributed by atoms with Crippen LogP contribution in [0.1, 0.15) is 165 Å². The SMILES string of the molecule is CC(=O)NC1CC2(CCN(C[C@@H]3C[C@H]4C=C[C@H]3C4)CC2)c2ccccc21.CCOC(=O)N1CCC(CN2CCC3(CCc4ccccc43)CC2)CC1.COCCOC(=O)N1CCC(CN2CCC3(CC2)C[C@H](NC(C)=O)c2ccccc23)CC1.[HH].[HH]. The summed E-state index contributed by atoms with van der Waals surface area (Å²) < 4.78 is 15.3. The molecule has 14 heteroatoms. The molecule has 1 saturated carbocycles. The van der Waals surface area contributed by atoms with E-state index in [2.05, 4.69) is 110 Å². The van der Waals surface area contributed by atoms with Crippen molar-refractivity contribution in [2.75, 3.05) is 112 Å². The predicted molar refractivity (Wildman–Crippen MR) is 334 cm³/mol. The number of hydrogen-bond donors (Lipinski definition) is 2. The van der Waals surface area contributed by atoms with Crippen LogP contribution in [0.4, 0.5) is 9.59 Å². The quantitative estimate of drug-likeness (QED) is 0.133. The molecule has 5 aliphatic carbocycles. The van der Waals surface area contributed by atoms with Crippen LogP contribution in [0, 0.1) is 29.6 Å². The third-order valence-corrected chi connectivity index (χ3v) is 22.1. The molecule has 3 spiro atoms. The smallest absolute Gasteiger partial charge is 0.409 e. The molecule has 5 heterocycles. The van der Waals surface area contributed by atoms with Gasteiger partial charge < -0.3 is 49.3 Å². The van der Waals surface area contributed by atoms with E-state index in [1.165, 1.54) is 113 Å². The molecule has 2 bridgehead atoms. The number of piperidine rings is 5. The number of fused-ring (bicyclic) bond motifs is 8. The Morgan fingerprint density at radius 1 is 0.536 bits per heavy atom. The standard InChI is InChI=1S/C25H37N3O4.C23H30N2O.C22H32N2O2.2H2/c1-19(29)26-23-17-25(22-6-4-3-5-21(22)23)9-13-27(14-10-25)18-20-7-11-28(12-8-20)24(30)32-16-15-31-2;1-16(26)24-22-14-23(21-5-3-2-4-20(21)22)8-10-25(11-9-23)15-19-13-17-6-7-18(19)12-17;1-2-26-21(25)24-13-8-18(9-14-24)17-23-15-11-22(12-16-23)10-7-19-5-3-4-6-20(19)22;;/h3-6,20,23H,7-18H2,1-2H3,(H,26,29);2-7,17-19,22H,8-15H2,1H3,(H,24,26);3-6,18H,2,7-17H2,1H3;2*1H/t23-;17-,18-,19-,22?;;;/m00.../s1. The first-order chi connectivity index (χ1) is 40.8. The number of aryl methyl sites for hydroxylation is 1. The van der Waals surface area contributed by atoms with Gasteiger partial charge in [-0.25, -0.2) is 9.59 Å². The number of ether oxygens (including phenoxy) is 3. The van der Waals surface area contributed by atoms with E-state index in [1.54, 1.807) is 32.1 Å². The minimum Gasteiger partial charge on any atom is -0.450 e. The molecule has 5 aliphatic heterocycles. The van der Waals surface area contributed by atoms with Gasteiger partial charge in [0.25, 0.3) is 0 Å². The van der Waals surface area contributed by atoms with Gasteiger partial charge in [0.1, 0.15) is 6.61 Å². The average Bonchev–Trinajstić information content (AvgIpc) is 1.71. The molecule has 2 N–H and O–H groups in total. The normalized spacial score (nSPS) is 26.6. The van der Waals surface area contributed by atoms with Crippen LogP contribution in [-0.2, 0) is 46.5 Å². The summed E-state index contributed by atoms with van der Waals surface area (Å²) in [6.07, 6.45) is 23.8. The summed E-state index contributed by atoms with van der Waals surface area (Å²) in [5.41, 5.74) is 9.76. The van der Waals surface area contributed by atoms with Crippen LogP contribution < -0.4 is 10.6 Å². The Labute approximate surface area is 505 Å². The van der Waals surface area contributed by atoms with Crippen molar-refractivity contribution >= 4 is 24.0 Å². The first-order valence-electron chi connectivity index (χ1n) is 32.8. The van der Waals surface area contributed by atoms with Crippen molar-refractivity contribution in [2.24, 2.45) is 29.6 Å². The Morgan fingerprint density at radius 2 is 1.00 bits per heavy atom. The van der Waals surface area contributed by atoms with Crippen LogP contribution in [0.15, 0.2) is 84.9 Å². The monoisotopic (exact) mass is 1150 g/mol. The van der Waals surface area contributed by atoms with Crippen molar-refractivity contribution in [1.82, 2.24) is 35.1 Å². The molecule has 460 valence electrons. The van der Waals surface area contributed by atoms with Gasteiger partial charge in [-0.1, -0.05) is 84.9 Å². The fraction of sp³-hybridized carbons (Fsp3) is 0.657. The molecule has 14 nitrogen and oxygen atoms in total. The molecular weight excluding hydrogens is 1050 g/mol. The second-order valence-electron chi connectivity index (χ2n) is 27.2. The summed E-state index contributed by atoms with van der Waals surface area (Å²) in [5.74, 6) is 4.12. The number of carbonyl (C=O) groups is 4. The zero-order chi connectivity index (χ0) is 58.3. The number of methoxy groups -OCH3 is 1. The largest absolute Gasteiger partial charge is 0.450 e. The third-order valence-electron chi connectivity index (χ3n) is 22.1. The van der Waals surface area contributed by atoms with E-state index in [1.807, 2.05) is 16.7 Å². The van der Waals surface area contributed by atoms with Gasteiger partial charge in [-0.2, -0.15) is 0 Å². The molecule has 0 radical (unpaired) electrons. The van der Waals surface area contributed by atoms with Crippen LogP contribution in [0.2, 0.25) is 0 Å². The number of amides is 4. The molecule has 0 aromatic heterocycles. The number of hydrogen-bond acceptors (Lipinski definition) is 10. The van der Waals surface area contributed by atoms with E-state index < -0.39 is 0 Å². The highest BCUT2D eigenvalue weighted by atomic mass is 16.6. The van der Waals surface area contributed by atoms with Gasteiger partial charge in [-0.15, -0.1) is 0 Å². The van der Waals surface area contributed by atoms with Crippen LogP contribution in [-0.4, -0.2) is 161 Å². The lowest BCUT2D eigenvalue weighted by Gasteiger charge is -2.42. The molecule has 1 unspecified atom stereocenters. The molecule has 10 aliphatic rings. The van der Waals surface area contributed by atoms with Crippen LogP contribution in [0.5, 0.6) is 0 Å². The first-order valence-corrected chi connectivity index (χ1v) is 32.8. The zero-order valence-electron chi connectivity index (χ0n) is 51.3. The molecule has 4 amide bonds. The molecule has 3 aromatic carbocycles. The summed E-state index contributed by atoms with van der Waals surface area (Å²) in [4.78, 5) is 59.1. The van der Waals surface area contributed by atoms with E-state index in [0.717, 1.165) is 121 Å². The van der Waals surface area contributed by atoms with Gasteiger partial charge in [0, 0.05) is 80.5 Å². The van der Waals surface area contributed by atoms with Gasteiger partial charge in [-0.3, -0.25) is 9.59 Å². The number of carbonyl (C=O) groups excluding carboxylic acids is 4. The van der Waals surface area contributed by atoms with Crippen molar-refractivity contribution in [3.63, 3.8) is 0 Å². The highest BCUT2D eigenvalue weighted by Gasteiger charge is 2.48. The van der Waals surface area contributed by atoms with Crippen molar-refractivity contribution in [2.45, 2.75) is 152 Å². The van der Waals surface area contributed by atoms with Gasteiger partial charge in [0.15, 0.2) is 0 Å². The van der Waals surface area contributed by atoms with Crippen molar-refractivity contribution in [1.29, 1.82) is 0 Å². The number of rotatable bonds is 12. The van der Waals surface area contributed by atoms with E-state index in [0.29, 0.717) is 31.2 Å². The first kappa shape index (κ1) is 60.4. The van der Waals surface area contributed by atoms with Gasteiger partial charge in [0.2, 0.25) is 11.8 Å². The Kier molecular flexibility index (Phi) is 19.6. The van der Waals surface area contributed by atoms with Crippen LogP contribution >= 0.6 is 0 Å². The molecule has 6 fully saturated rings. The van der Waals surface area contributed by atoms with E-state index in [4.69, 9.17) is 14.2 Å². The minimum atomic E-state index is -0.214. The molecule has 3 aromatic rings. The van der Waals surface area contributed by atoms with Crippen molar-refractivity contribution in [3.05, 3.63) is 118 Å². The summed E-state index contributed by atoms with van der Waals surface area (Å²) in [5, 5.41) is 6.37. The summed E-state index contributed by atoms with van der Waals surface area (Å²) >= 11 is 0. The maximum absolute atomic E-state index is 12.1. The predicted octanol–water partition coefficient (Wildman–Crippen LogP) is 11.2. The van der Waals surface area contributed by atoms with Gasteiger partial charge in [-0.05, 0) is 217 Å². The molecule has 5 atom stereocenters. The van der Waals surface area contributed by atoms with Crippen molar-refractivity contribution in [3.8, 4) is 0 Å². The Morgan fingerprint density at radius 3 is 1.46 bits per heavy atom. The second kappa shape index (κ2) is 27.2. The summed E-state index contributed by atoms with van der Waals surface area (Å²) in [6.45, 7) is 20.3. The maximum atomic E-state index is 12.1. The Balaban J connectivity index is 0.000000153. The number of nitrogens with zero attached hydrogens (tertiary/aromatic N) is 5. The van der Waals surface area contributed by atoms with Crippen LogP contribution in [0.3, 0.4) is 0 Å². The number of nitrogens with one attached hydrogen (secondary N) is 2. The van der Waals surface area contributed by atoms with Crippen LogP contribution in [0.25, 0.3) is 0 Å². The zero-order valence-corrected chi connectivity index (χ0v) is 51.3. The fourth-order valence-electron chi connectivity index (χ4n) is 17.5. The lowest BCUT2D eigenvalue weighted by Crippen LogP contribution is -2.46. The van der Waals surface area contributed by atoms with E-state index in [-0.39, 0.29) is 49.8 Å². The van der Waals surface area contributed by atoms with E-state index in [9.17, 15) is 19.2 Å². The molecule has 84 heavy (non-hydrogen) atoms. The van der Waals surface area contributed by atoms with Gasteiger partial charge >= 0.3 is 12.2 Å². The van der Waals surface area contributed by atoms with E-state index >= 15 is 0 Å². The molecule has 13 rings (SSSR count). The summed E-state index contributed by atoms with van der Waals surface area (Å²) in [7, 11) is 1.61. The highest BCUT2D eigenvalue weighted by Crippen LogP contribution is 2.53. The van der Waals surface area contributed by atoms with Crippen molar-refractivity contribution < 1.29 is 36.2 Å². The number of benzene rings is 3. The molecule has 5 saturated heterocycles.